The molecule has 0 radical (unpaired) electrons. The number of nitrogens with one attached hydrogen (secondary N) is 1. The minimum absolute atomic E-state index is 0.108. The molecule has 6 rings (SSSR count). The van der Waals surface area contributed by atoms with Crippen LogP contribution in [0.1, 0.15) is 58.8 Å². The molecule has 0 bridgehead atoms. The summed E-state index contributed by atoms with van der Waals surface area (Å²) in [6, 6.07) is 8.25. The molecular weight excluding hydrogens is 372 g/mol. The number of hydrogen-bond donors (Lipinski definition) is 3. The van der Waals surface area contributed by atoms with Gasteiger partial charge in [0, 0.05) is 11.1 Å². The quantitative estimate of drug-likeness (QED) is 0.574. The molecule has 7 unspecified atom stereocenters. The van der Waals surface area contributed by atoms with Crippen molar-refractivity contribution in [2.24, 2.45) is 28.6 Å². The van der Waals surface area contributed by atoms with E-state index in [0.29, 0.717) is 11.8 Å². The molecule has 1 aromatic carbocycles. The van der Waals surface area contributed by atoms with Gasteiger partial charge < -0.3 is 15.5 Å². The van der Waals surface area contributed by atoms with Gasteiger partial charge in [0.2, 0.25) is 6.35 Å². The Morgan fingerprint density at radius 1 is 0.967 bits per heavy atom. The van der Waals surface area contributed by atoms with E-state index in [1.165, 1.54) is 24.1 Å². The third-order valence-corrected chi connectivity index (χ3v) is 9.57. The van der Waals surface area contributed by atoms with Crippen LogP contribution in [-0.2, 0) is 0 Å². The van der Waals surface area contributed by atoms with Gasteiger partial charge in [-0.15, -0.1) is 0 Å². The summed E-state index contributed by atoms with van der Waals surface area (Å²) in [5.74, 6) is 2.06. The molecule has 4 heteroatoms. The van der Waals surface area contributed by atoms with Crippen molar-refractivity contribution < 1.29 is 10.2 Å². The van der Waals surface area contributed by atoms with E-state index in [1.807, 2.05) is 6.07 Å². The Kier molecular flexibility index (Phi) is 4.02. The summed E-state index contributed by atoms with van der Waals surface area (Å²) < 4.78 is 0. The average Bonchev–Trinajstić information content (AvgIpc) is 3.24. The maximum Gasteiger partial charge on any atom is 0.209 e. The maximum atomic E-state index is 10.9. The molecule has 4 nitrogen and oxygen atoms in total. The van der Waals surface area contributed by atoms with Crippen LogP contribution in [0.3, 0.4) is 0 Å². The van der Waals surface area contributed by atoms with E-state index in [4.69, 9.17) is 0 Å². The van der Waals surface area contributed by atoms with E-state index in [1.54, 1.807) is 0 Å². The van der Waals surface area contributed by atoms with E-state index in [-0.39, 0.29) is 16.9 Å². The lowest BCUT2D eigenvalue weighted by molar-refractivity contribution is -0.0308. The van der Waals surface area contributed by atoms with Crippen LogP contribution in [0.25, 0.3) is 0 Å². The Bertz CT molecular complexity index is 939. The van der Waals surface area contributed by atoms with E-state index < -0.39 is 6.35 Å². The molecule has 1 aliphatic heterocycles. The normalized spacial score (nSPS) is 44.3. The van der Waals surface area contributed by atoms with Crippen LogP contribution in [0.4, 0.5) is 11.4 Å². The van der Waals surface area contributed by atoms with Gasteiger partial charge in [-0.1, -0.05) is 43.7 Å². The van der Waals surface area contributed by atoms with Crippen molar-refractivity contribution >= 4 is 11.4 Å². The Hall–Kier alpha value is -1.78. The summed E-state index contributed by atoms with van der Waals surface area (Å²) in [7, 11) is 0. The molecule has 1 heterocycles. The molecular formula is C26H34N2O2. The van der Waals surface area contributed by atoms with Gasteiger partial charge >= 0.3 is 0 Å². The minimum atomic E-state index is -0.683. The lowest BCUT2D eigenvalue weighted by Gasteiger charge is -2.58. The first-order valence-corrected chi connectivity index (χ1v) is 11.8. The van der Waals surface area contributed by atoms with E-state index in [9.17, 15) is 10.2 Å². The molecule has 1 aromatic rings. The molecule has 0 spiro atoms. The molecule has 3 N–H and O–H groups in total. The van der Waals surface area contributed by atoms with Gasteiger partial charge in [0.25, 0.3) is 0 Å². The minimum Gasteiger partial charge on any atom is -0.393 e. The highest BCUT2D eigenvalue weighted by Crippen LogP contribution is 2.65. The molecule has 0 aromatic heterocycles. The number of nitrogens with zero attached hydrogens (tertiary/aromatic N) is 1. The second-order valence-corrected chi connectivity index (χ2v) is 10.8. The molecule has 4 aliphatic carbocycles. The third kappa shape index (κ3) is 2.41. The number of rotatable bonds is 1. The Morgan fingerprint density at radius 3 is 2.63 bits per heavy atom. The maximum absolute atomic E-state index is 10.9. The van der Waals surface area contributed by atoms with Gasteiger partial charge in [-0.2, -0.15) is 0 Å². The standard InChI is InChI=1S/C26H34N2O2/c1-25-13-11-17(29)15-16(25)7-8-18-19-9-10-23(26(19,2)14-12-20(18)25)28-22-6-4-3-5-21(22)27-24(28)30/h3-7,10,17-20,24,27,29-30H,8-9,11-15H2,1-2H3. The van der Waals surface area contributed by atoms with Crippen LogP contribution < -0.4 is 10.2 Å². The van der Waals surface area contributed by atoms with Gasteiger partial charge in [0.15, 0.2) is 0 Å². The number of allylic oxidation sites excluding steroid dienone is 3. The Morgan fingerprint density at radius 2 is 1.77 bits per heavy atom. The third-order valence-electron chi connectivity index (χ3n) is 9.57. The van der Waals surface area contributed by atoms with Crippen molar-refractivity contribution in [2.75, 3.05) is 10.2 Å². The zero-order chi connectivity index (χ0) is 20.7. The summed E-state index contributed by atoms with van der Waals surface area (Å²) in [6.45, 7) is 4.93. The lowest BCUT2D eigenvalue weighted by Crippen LogP contribution is -2.51. The van der Waals surface area contributed by atoms with Gasteiger partial charge in [0.05, 0.1) is 17.5 Å². The summed E-state index contributed by atoms with van der Waals surface area (Å²) in [4.78, 5) is 2.15. The fraction of sp³-hybridized carbons (Fsp3) is 0.615. The molecule has 0 amide bonds. The van der Waals surface area contributed by atoms with Crippen molar-refractivity contribution in [3.05, 3.63) is 47.7 Å². The van der Waals surface area contributed by atoms with Crippen LogP contribution in [0.2, 0.25) is 0 Å². The number of anilines is 2. The van der Waals surface area contributed by atoms with Crippen LogP contribution >= 0.6 is 0 Å². The fourth-order valence-corrected chi connectivity index (χ4v) is 7.96. The second-order valence-electron chi connectivity index (χ2n) is 10.8. The van der Waals surface area contributed by atoms with E-state index >= 15 is 0 Å². The average molecular weight is 407 g/mol. The largest absolute Gasteiger partial charge is 0.393 e. The monoisotopic (exact) mass is 406 g/mol. The molecule has 7 atom stereocenters. The van der Waals surface area contributed by atoms with E-state index in [0.717, 1.165) is 49.4 Å². The van der Waals surface area contributed by atoms with Crippen LogP contribution in [0.15, 0.2) is 47.7 Å². The van der Waals surface area contributed by atoms with Gasteiger partial charge in [0.1, 0.15) is 0 Å². The highest BCUT2D eigenvalue weighted by atomic mass is 16.3. The van der Waals surface area contributed by atoms with Crippen molar-refractivity contribution in [2.45, 2.75) is 71.2 Å². The molecule has 160 valence electrons. The van der Waals surface area contributed by atoms with Gasteiger partial charge in [-0.05, 0) is 80.2 Å². The summed E-state index contributed by atoms with van der Waals surface area (Å²) in [5.41, 5.74) is 5.34. The van der Waals surface area contributed by atoms with Gasteiger partial charge in [-0.3, -0.25) is 4.90 Å². The molecule has 2 saturated carbocycles. The highest BCUT2D eigenvalue weighted by molar-refractivity contribution is 5.78. The molecule has 2 fully saturated rings. The predicted octanol–water partition coefficient (Wildman–Crippen LogP) is 5.01. The first-order chi connectivity index (χ1) is 14.4. The topological polar surface area (TPSA) is 55.7 Å². The number of benzene rings is 1. The number of fused-ring (bicyclic) bond motifs is 6. The zero-order valence-electron chi connectivity index (χ0n) is 18.1. The number of aliphatic hydroxyl groups excluding tert-OH is 2. The van der Waals surface area contributed by atoms with E-state index in [2.05, 4.69) is 54.4 Å². The zero-order valence-corrected chi connectivity index (χ0v) is 18.1. The summed E-state index contributed by atoms with van der Waals surface area (Å²) >= 11 is 0. The van der Waals surface area contributed by atoms with Crippen LogP contribution in [-0.4, -0.2) is 22.7 Å². The van der Waals surface area contributed by atoms with Crippen molar-refractivity contribution in [3.8, 4) is 0 Å². The summed E-state index contributed by atoms with van der Waals surface area (Å²) in [6.07, 6.45) is 11.8. The van der Waals surface area contributed by atoms with Crippen LogP contribution in [0.5, 0.6) is 0 Å². The SMILES string of the molecule is CC12CCC(O)CC1=CCC1C2CCC2(C)C(N3c4ccccc4NC3O)=CCC12. The smallest absolute Gasteiger partial charge is 0.209 e. The van der Waals surface area contributed by atoms with Crippen LogP contribution in [0, 0.1) is 28.6 Å². The summed E-state index contributed by atoms with van der Waals surface area (Å²) in [5, 5.41) is 24.3. The number of hydrogen-bond acceptors (Lipinski definition) is 4. The van der Waals surface area contributed by atoms with Crippen molar-refractivity contribution in [3.63, 3.8) is 0 Å². The molecule has 0 saturated heterocycles. The van der Waals surface area contributed by atoms with Crippen molar-refractivity contribution in [1.29, 1.82) is 0 Å². The van der Waals surface area contributed by atoms with Crippen molar-refractivity contribution in [1.82, 2.24) is 0 Å². The highest BCUT2D eigenvalue weighted by Gasteiger charge is 2.58. The second kappa shape index (κ2) is 6.37. The predicted molar refractivity (Wildman–Crippen MR) is 120 cm³/mol. The van der Waals surface area contributed by atoms with Gasteiger partial charge in [-0.25, -0.2) is 0 Å². The Labute approximate surface area is 179 Å². The first kappa shape index (κ1) is 18.9. The Balaban J connectivity index is 1.33. The number of aliphatic hydroxyl groups is 2. The molecule has 5 aliphatic rings. The first-order valence-electron chi connectivity index (χ1n) is 11.8. The molecule has 30 heavy (non-hydrogen) atoms. The fourth-order valence-electron chi connectivity index (χ4n) is 7.96. The number of para-hydroxylation sites is 2. The lowest BCUT2D eigenvalue weighted by atomic mass is 9.47.